The lowest BCUT2D eigenvalue weighted by Gasteiger charge is -2.20. The molecule has 0 radical (unpaired) electrons. The second-order valence-electron chi connectivity index (χ2n) is 4.78. The fourth-order valence-electron chi connectivity index (χ4n) is 2.56. The number of hydrogen-bond donors (Lipinski definition) is 0. The topological polar surface area (TPSA) is 47.2 Å². The van der Waals surface area contributed by atoms with Crippen LogP contribution in [0.25, 0.3) is 10.9 Å². The van der Waals surface area contributed by atoms with Crippen LogP contribution in [0.5, 0.6) is 0 Å². The van der Waals surface area contributed by atoms with Crippen molar-refractivity contribution >= 4 is 22.5 Å². The largest absolute Gasteiger partial charge is 0.350 e. The average Bonchev–Trinajstić information content (AvgIpc) is 2.90. The van der Waals surface area contributed by atoms with Gasteiger partial charge in [0.05, 0.1) is 10.9 Å². The molecule has 0 bridgehead atoms. The summed E-state index contributed by atoms with van der Waals surface area (Å²) in [6, 6.07) is 4.99. The second-order valence-corrected chi connectivity index (χ2v) is 5.22. The Kier molecular flexibility index (Phi) is 2.86. The van der Waals surface area contributed by atoms with Crippen LogP contribution in [0, 0.1) is 0 Å². The van der Waals surface area contributed by atoms with Gasteiger partial charge in [0.25, 0.3) is 5.56 Å². The van der Waals surface area contributed by atoms with Gasteiger partial charge < -0.3 is 5.01 Å². The Hall–Kier alpha value is -1.75. The molecule has 0 unspecified atom stereocenters. The van der Waals surface area contributed by atoms with Gasteiger partial charge in [-0.15, -0.1) is 0 Å². The van der Waals surface area contributed by atoms with E-state index >= 15 is 0 Å². The lowest BCUT2D eigenvalue weighted by Crippen LogP contribution is -2.51. The molecule has 0 aliphatic carbocycles. The SMILES string of the molecule is Cn1c(=O)n(N2CCCC2)c(=O)c2ccc(Cl)cc21. The van der Waals surface area contributed by atoms with Gasteiger partial charge in [-0.25, -0.2) is 4.79 Å². The summed E-state index contributed by atoms with van der Waals surface area (Å²) >= 11 is 5.93. The molecule has 1 aliphatic rings. The zero-order valence-electron chi connectivity index (χ0n) is 10.6. The summed E-state index contributed by atoms with van der Waals surface area (Å²) in [6.45, 7) is 1.49. The van der Waals surface area contributed by atoms with Gasteiger partial charge in [0.15, 0.2) is 0 Å². The van der Waals surface area contributed by atoms with Crippen molar-refractivity contribution in [2.24, 2.45) is 7.05 Å². The molecule has 0 spiro atoms. The summed E-state index contributed by atoms with van der Waals surface area (Å²) in [4.78, 5) is 24.8. The zero-order chi connectivity index (χ0) is 13.6. The molecule has 100 valence electrons. The van der Waals surface area contributed by atoms with Crippen molar-refractivity contribution in [2.75, 3.05) is 18.1 Å². The molecule has 0 atom stereocenters. The second kappa shape index (κ2) is 4.42. The molecule has 5 nitrogen and oxygen atoms in total. The fourth-order valence-corrected chi connectivity index (χ4v) is 2.73. The van der Waals surface area contributed by atoms with Gasteiger partial charge in [0.2, 0.25) is 0 Å². The van der Waals surface area contributed by atoms with E-state index in [-0.39, 0.29) is 11.2 Å². The fraction of sp³-hybridized carbons (Fsp3) is 0.385. The molecular weight excluding hydrogens is 266 g/mol. The summed E-state index contributed by atoms with van der Waals surface area (Å²) in [6.07, 6.45) is 2.02. The smallest absolute Gasteiger partial charge is 0.306 e. The van der Waals surface area contributed by atoms with Crippen LogP contribution in [0.15, 0.2) is 27.8 Å². The summed E-state index contributed by atoms with van der Waals surface area (Å²) in [5.74, 6) is 0. The standard InChI is InChI=1S/C13H14ClN3O2/c1-15-11-8-9(14)4-5-10(11)12(18)17(13(15)19)16-6-2-3-7-16/h4-5,8H,2-3,6-7H2,1H3. The highest BCUT2D eigenvalue weighted by Crippen LogP contribution is 2.15. The number of aromatic nitrogens is 2. The molecular formula is C13H14ClN3O2. The van der Waals surface area contributed by atoms with E-state index in [2.05, 4.69) is 0 Å². The Balaban J connectivity index is 2.38. The van der Waals surface area contributed by atoms with E-state index in [1.807, 2.05) is 5.01 Å². The van der Waals surface area contributed by atoms with Gasteiger partial charge in [-0.3, -0.25) is 9.36 Å². The third-order valence-electron chi connectivity index (χ3n) is 3.58. The van der Waals surface area contributed by atoms with E-state index in [0.29, 0.717) is 15.9 Å². The number of hydrogen-bond acceptors (Lipinski definition) is 3. The molecule has 2 aromatic rings. The van der Waals surface area contributed by atoms with Crippen LogP contribution in [0.4, 0.5) is 0 Å². The van der Waals surface area contributed by atoms with Crippen molar-refractivity contribution in [3.63, 3.8) is 0 Å². The number of nitrogens with zero attached hydrogens (tertiary/aromatic N) is 3. The Labute approximate surface area is 114 Å². The van der Waals surface area contributed by atoms with Crippen LogP contribution in [0.1, 0.15) is 12.8 Å². The van der Waals surface area contributed by atoms with E-state index in [9.17, 15) is 9.59 Å². The summed E-state index contributed by atoms with van der Waals surface area (Å²) in [7, 11) is 1.66. The van der Waals surface area contributed by atoms with Gasteiger partial charge in [0.1, 0.15) is 0 Å². The monoisotopic (exact) mass is 279 g/mol. The molecule has 3 rings (SSSR count). The highest BCUT2D eigenvalue weighted by Gasteiger charge is 2.19. The lowest BCUT2D eigenvalue weighted by atomic mass is 10.2. The van der Waals surface area contributed by atoms with E-state index in [1.165, 1.54) is 9.24 Å². The van der Waals surface area contributed by atoms with E-state index in [4.69, 9.17) is 11.6 Å². The molecule has 6 heteroatoms. The molecule has 2 heterocycles. The molecule has 0 saturated carbocycles. The number of benzene rings is 1. The van der Waals surface area contributed by atoms with Gasteiger partial charge in [-0.05, 0) is 31.0 Å². The average molecular weight is 280 g/mol. The minimum absolute atomic E-state index is 0.267. The molecule has 19 heavy (non-hydrogen) atoms. The first-order valence-electron chi connectivity index (χ1n) is 6.26. The van der Waals surface area contributed by atoms with Gasteiger partial charge >= 0.3 is 5.69 Å². The summed E-state index contributed by atoms with van der Waals surface area (Å²) in [5, 5.41) is 2.85. The Morgan fingerprint density at radius 2 is 1.84 bits per heavy atom. The zero-order valence-corrected chi connectivity index (χ0v) is 11.4. The first kappa shape index (κ1) is 12.3. The lowest BCUT2D eigenvalue weighted by molar-refractivity contribution is 0.583. The Morgan fingerprint density at radius 1 is 1.16 bits per heavy atom. The predicted molar refractivity (Wildman–Crippen MR) is 75.6 cm³/mol. The van der Waals surface area contributed by atoms with E-state index in [0.717, 1.165) is 25.9 Å². The number of halogens is 1. The van der Waals surface area contributed by atoms with Crippen LogP contribution >= 0.6 is 11.6 Å². The minimum Gasteiger partial charge on any atom is -0.306 e. The van der Waals surface area contributed by atoms with Gasteiger partial charge in [-0.2, -0.15) is 4.68 Å². The van der Waals surface area contributed by atoms with Crippen LogP contribution in [-0.2, 0) is 7.05 Å². The molecule has 1 fully saturated rings. The molecule has 0 amide bonds. The number of aryl methyl sites for hydroxylation is 1. The van der Waals surface area contributed by atoms with Crippen molar-refractivity contribution in [1.82, 2.24) is 9.24 Å². The molecule has 1 aliphatic heterocycles. The van der Waals surface area contributed by atoms with Crippen LogP contribution < -0.4 is 16.3 Å². The minimum atomic E-state index is -0.318. The van der Waals surface area contributed by atoms with Crippen LogP contribution in [-0.4, -0.2) is 22.3 Å². The highest BCUT2D eigenvalue weighted by atomic mass is 35.5. The third-order valence-corrected chi connectivity index (χ3v) is 3.81. The number of fused-ring (bicyclic) bond motifs is 1. The normalized spacial score (nSPS) is 15.4. The van der Waals surface area contributed by atoms with E-state index in [1.54, 1.807) is 25.2 Å². The van der Waals surface area contributed by atoms with Crippen molar-refractivity contribution < 1.29 is 0 Å². The quantitative estimate of drug-likeness (QED) is 0.785. The maximum atomic E-state index is 12.5. The Bertz CT molecular complexity index is 757. The van der Waals surface area contributed by atoms with Crippen molar-refractivity contribution in [2.45, 2.75) is 12.8 Å². The first-order valence-corrected chi connectivity index (χ1v) is 6.64. The van der Waals surface area contributed by atoms with Crippen molar-refractivity contribution in [3.05, 3.63) is 44.1 Å². The molecule has 1 aromatic heterocycles. The van der Waals surface area contributed by atoms with Crippen LogP contribution in [0.3, 0.4) is 0 Å². The maximum Gasteiger partial charge on any atom is 0.350 e. The summed E-state index contributed by atoms with van der Waals surface area (Å²) < 4.78 is 2.73. The van der Waals surface area contributed by atoms with E-state index < -0.39 is 0 Å². The predicted octanol–water partition coefficient (Wildman–Crippen LogP) is 1.09. The summed E-state index contributed by atoms with van der Waals surface area (Å²) in [5.41, 5.74) is -0.0173. The van der Waals surface area contributed by atoms with Gasteiger partial charge in [0, 0.05) is 25.2 Å². The maximum absolute atomic E-state index is 12.5. The number of rotatable bonds is 1. The first-order chi connectivity index (χ1) is 9.09. The van der Waals surface area contributed by atoms with Gasteiger partial charge in [-0.1, -0.05) is 11.6 Å². The third kappa shape index (κ3) is 1.85. The molecule has 1 aromatic carbocycles. The van der Waals surface area contributed by atoms with Crippen molar-refractivity contribution in [3.8, 4) is 0 Å². The molecule has 1 saturated heterocycles. The van der Waals surface area contributed by atoms with Crippen molar-refractivity contribution in [1.29, 1.82) is 0 Å². The van der Waals surface area contributed by atoms with Crippen LogP contribution in [0.2, 0.25) is 5.02 Å². The molecule has 0 N–H and O–H groups in total. The Morgan fingerprint density at radius 3 is 2.53 bits per heavy atom. The highest BCUT2D eigenvalue weighted by molar-refractivity contribution is 6.31.